The Morgan fingerprint density at radius 3 is 2.67 bits per heavy atom. The topological polar surface area (TPSA) is 108 Å². The number of carbonyl (C=O) groups is 1. The van der Waals surface area contributed by atoms with Gasteiger partial charge in [0.15, 0.2) is 5.69 Å². The number of carbonyl (C=O) groups excluding carboxylic acids is 1. The summed E-state index contributed by atoms with van der Waals surface area (Å²) in [4.78, 5) is 22.2. The molecule has 0 unspecified atom stereocenters. The molecule has 0 atom stereocenters. The number of non-ortho nitro benzene ring substituents is 1. The van der Waals surface area contributed by atoms with E-state index in [1.54, 1.807) is 35.3 Å². The largest absolute Gasteiger partial charge is 0.349 e. The van der Waals surface area contributed by atoms with Gasteiger partial charge in [-0.3, -0.25) is 19.6 Å². The Kier molecular flexibility index (Phi) is 4.32. The molecule has 0 aliphatic carbocycles. The number of nitro groups is 1. The molecule has 0 bridgehead atoms. The summed E-state index contributed by atoms with van der Waals surface area (Å²) in [5.41, 5.74) is 0.910. The lowest BCUT2D eigenvalue weighted by Crippen LogP contribution is -2.27. The van der Waals surface area contributed by atoms with Crippen molar-refractivity contribution in [2.24, 2.45) is 0 Å². The van der Waals surface area contributed by atoms with Gasteiger partial charge >= 0.3 is 0 Å². The summed E-state index contributed by atoms with van der Waals surface area (Å²) in [6, 6.07) is 9.33. The monoisotopic (exact) mass is 326 g/mol. The van der Waals surface area contributed by atoms with E-state index in [1.165, 1.54) is 16.8 Å². The van der Waals surface area contributed by atoms with E-state index >= 15 is 0 Å². The maximum atomic E-state index is 12.1. The van der Waals surface area contributed by atoms with E-state index in [0.29, 0.717) is 18.8 Å². The van der Waals surface area contributed by atoms with E-state index in [4.69, 9.17) is 0 Å². The molecule has 3 rings (SSSR count). The van der Waals surface area contributed by atoms with Crippen molar-refractivity contribution in [3.8, 4) is 5.69 Å². The van der Waals surface area contributed by atoms with Crippen molar-refractivity contribution in [1.82, 2.24) is 24.9 Å². The number of aromatic nitrogens is 4. The molecule has 1 N–H and O–H groups in total. The summed E-state index contributed by atoms with van der Waals surface area (Å²) in [7, 11) is 0. The zero-order chi connectivity index (χ0) is 16.9. The molecule has 9 heteroatoms. The second-order valence-corrected chi connectivity index (χ2v) is 4.94. The molecule has 1 aromatic carbocycles. The van der Waals surface area contributed by atoms with Crippen LogP contribution in [0.1, 0.15) is 10.5 Å². The van der Waals surface area contributed by atoms with Crippen LogP contribution in [0.3, 0.4) is 0 Å². The minimum absolute atomic E-state index is 0.00231. The molecule has 0 saturated carbocycles. The Labute approximate surface area is 136 Å². The van der Waals surface area contributed by atoms with Crippen molar-refractivity contribution in [1.29, 1.82) is 0 Å². The first-order valence-electron chi connectivity index (χ1n) is 7.19. The van der Waals surface area contributed by atoms with Gasteiger partial charge in [-0.05, 0) is 24.3 Å². The predicted molar refractivity (Wildman–Crippen MR) is 84.8 cm³/mol. The molecule has 122 valence electrons. The quantitative estimate of drug-likeness (QED) is 0.544. The van der Waals surface area contributed by atoms with Crippen molar-refractivity contribution in [2.75, 3.05) is 6.54 Å². The minimum Gasteiger partial charge on any atom is -0.349 e. The first-order chi connectivity index (χ1) is 11.6. The number of amides is 1. The second-order valence-electron chi connectivity index (χ2n) is 4.94. The molecular weight excluding hydrogens is 312 g/mol. The van der Waals surface area contributed by atoms with Gasteiger partial charge in [0.2, 0.25) is 0 Å². The molecular formula is C15H14N6O3. The molecule has 0 spiro atoms. The highest BCUT2D eigenvalue weighted by Gasteiger charge is 2.11. The van der Waals surface area contributed by atoms with Gasteiger partial charge in [-0.1, -0.05) is 0 Å². The SMILES string of the molecule is O=C(NCCn1cccn1)c1ccn(-c2ccc([N+](=O)[O-])cc2)n1. The Bertz CT molecular complexity index is 838. The van der Waals surface area contributed by atoms with Gasteiger partial charge in [0.1, 0.15) is 0 Å². The van der Waals surface area contributed by atoms with Gasteiger partial charge in [-0.2, -0.15) is 10.2 Å². The maximum absolute atomic E-state index is 12.1. The Morgan fingerprint density at radius 1 is 1.21 bits per heavy atom. The van der Waals surface area contributed by atoms with Crippen molar-refractivity contribution in [3.05, 3.63) is 70.8 Å². The van der Waals surface area contributed by atoms with Gasteiger partial charge in [-0.15, -0.1) is 0 Å². The van der Waals surface area contributed by atoms with Crippen LogP contribution in [0.5, 0.6) is 0 Å². The summed E-state index contributed by atoms with van der Waals surface area (Å²) >= 11 is 0. The van der Waals surface area contributed by atoms with Crippen molar-refractivity contribution < 1.29 is 9.72 Å². The fourth-order valence-corrected chi connectivity index (χ4v) is 2.12. The zero-order valence-electron chi connectivity index (χ0n) is 12.6. The third kappa shape index (κ3) is 3.46. The molecule has 0 radical (unpaired) electrons. The van der Waals surface area contributed by atoms with E-state index in [1.807, 2.05) is 12.3 Å². The summed E-state index contributed by atoms with van der Waals surface area (Å²) in [6.45, 7) is 1.01. The standard InChI is InChI=1S/C15H14N6O3/c22-15(16-8-11-19-9-1-7-17-19)14-6-10-20(18-14)12-2-4-13(5-3-12)21(23)24/h1-7,9-10H,8,11H2,(H,16,22). The number of hydrogen-bond donors (Lipinski definition) is 1. The third-order valence-electron chi connectivity index (χ3n) is 3.33. The number of nitro benzene ring substituents is 1. The van der Waals surface area contributed by atoms with Gasteiger partial charge < -0.3 is 5.32 Å². The van der Waals surface area contributed by atoms with Gasteiger partial charge in [-0.25, -0.2) is 4.68 Å². The Morgan fingerprint density at radius 2 is 2.00 bits per heavy atom. The lowest BCUT2D eigenvalue weighted by molar-refractivity contribution is -0.384. The molecule has 0 fully saturated rings. The number of hydrogen-bond acceptors (Lipinski definition) is 5. The first-order valence-corrected chi connectivity index (χ1v) is 7.19. The Balaban J connectivity index is 1.61. The number of nitrogens with one attached hydrogen (secondary N) is 1. The lowest BCUT2D eigenvalue weighted by atomic mass is 10.3. The van der Waals surface area contributed by atoms with E-state index in [9.17, 15) is 14.9 Å². The van der Waals surface area contributed by atoms with Crippen LogP contribution in [0.15, 0.2) is 55.0 Å². The summed E-state index contributed by atoms with van der Waals surface area (Å²) < 4.78 is 3.21. The molecule has 0 aliphatic heterocycles. The molecule has 3 aromatic rings. The normalized spacial score (nSPS) is 10.5. The fraction of sp³-hybridized carbons (Fsp3) is 0.133. The third-order valence-corrected chi connectivity index (χ3v) is 3.33. The van der Waals surface area contributed by atoms with E-state index in [0.717, 1.165) is 0 Å². The van der Waals surface area contributed by atoms with Gasteiger partial charge in [0.25, 0.3) is 11.6 Å². The smallest absolute Gasteiger partial charge is 0.271 e. The molecule has 2 heterocycles. The maximum Gasteiger partial charge on any atom is 0.271 e. The summed E-state index contributed by atoms with van der Waals surface area (Å²) in [5.74, 6) is -0.289. The zero-order valence-corrected chi connectivity index (χ0v) is 12.6. The van der Waals surface area contributed by atoms with Gasteiger partial charge in [0.05, 0.1) is 17.2 Å². The van der Waals surface area contributed by atoms with Crippen LogP contribution in [-0.2, 0) is 6.54 Å². The highest BCUT2D eigenvalue weighted by molar-refractivity contribution is 5.92. The molecule has 0 aliphatic rings. The molecule has 1 amide bonds. The van der Waals surface area contributed by atoms with Crippen molar-refractivity contribution in [3.63, 3.8) is 0 Å². The van der Waals surface area contributed by atoms with E-state index in [2.05, 4.69) is 15.5 Å². The molecule has 0 saturated heterocycles. The van der Waals surface area contributed by atoms with E-state index < -0.39 is 4.92 Å². The summed E-state index contributed by atoms with van der Waals surface area (Å²) in [6.07, 6.45) is 5.12. The average Bonchev–Trinajstić information content (AvgIpc) is 3.26. The summed E-state index contributed by atoms with van der Waals surface area (Å²) in [5, 5.41) is 21.6. The highest BCUT2D eigenvalue weighted by atomic mass is 16.6. The predicted octanol–water partition coefficient (Wildman–Crippen LogP) is 1.41. The highest BCUT2D eigenvalue weighted by Crippen LogP contribution is 2.14. The van der Waals surface area contributed by atoms with Crippen LogP contribution >= 0.6 is 0 Å². The molecule has 24 heavy (non-hydrogen) atoms. The van der Waals surface area contributed by atoms with Crippen molar-refractivity contribution in [2.45, 2.75) is 6.54 Å². The van der Waals surface area contributed by atoms with Crippen LogP contribution in [0.2, 0.25) is 0 Å². The van der Waals surface area contributed by atoms with Crippen LogP contribution in [-0.4, -0.2) is 36.9 Å². The van der Waals surface area contributed by atoms with Crippen molar-refractivity contribution >= 4 is 11.6 Å². The van der Waals surface area contributed by atoms with Gasteiger partial charge in [0, 0.05) is 37.3 Å². The van der Waals surface area contributed by atoms with Crippen LogP contribution in [0, 0.1) is 10.1 Å². The number of benzene rings is 1. The average molecular weight is 326 g/mol. The molecule has 9 nitrogen and oxygen atoms in total. The Hall–Kier alpha value is -3.49. The van der Waals surface area contributed by atoms with E-state index in [-0.39, 0.29) is 17.3 Å². The number of nitrogens with zero attached hydrogens (tertiary/aromatic N) is 5. The van der Waals surface area contributed by atoms with Crippen LogP contribution in [0.25, 0.3) is 5.69 Å². The fourth-order valence-electron chi connectivity index (χ4n) is 2.12. The molecule has 2 aromatic heterocycles. The number of rotatable bonds is 6. The first kappa shape index (κ1) is 15.4. The minimum atomic E-state index is -0.467. The van der Waals surface area contributed by atoms with Crippen LogP contribution < -0.4 is 5.32 Å². The van der Waals surface area contributed by atoms with Crippen LogP contribution in [0.4, 0.5) is 5.69 Å². The lowest BCUT2D eigenvalue weighted by Gasteiger charge is -2.04. The second kappa shape index (κ2) is 6.73.